The molecule has 1 aromatic rings. The molecule has 0 N–H and O–H groups in total. The summed E-state index contributed by atoms with van der Waals surface area (Å²) in [5, 5.41) is 0.338. The molecule has 100 valence electrons. The smallest absolute Gasteiger partial charge is 0.310 e. The van der Waals surface area contributed by atoms with Crippen LogP contribution in [0.25, 0.3) is 0 Å². The van der Waals surface area contributed by atoms with E-state index < -0.39 is 18.1 Å². The molecule has 3 nitrogen and oxygen atoms in total. The van der Waals surface area contributed by atoms with E-state index >= 15 is 0 Å². The zero-order valence-corrected chi connectivity index (χ0v) is 11.9. The van der Waals surface area contributed by atoms with Crippen LogP contribution in [0.2, 0.25) is 5.02 Å². The third-order valence-corrected chi connectivity index (χ3v) is 3.02. The third-order valence-electron chi connectivity index (χ3n) is 2.15. The van der Waals surface area contributed by atoms with E-state index in [9.17, 15) is 13.6 Å². The molecule has 1 heterocycles. The van der Waals surface area contributed by atoms with E-state index in [-0.39, 0.29) is 23.4 Å². The summed E-state index contributed by atoms with van der Waals surface area (Å²) >= 11 is 9.04. The van der Waals surface area contributed by atoms with Crippen molar-refractivity contribution in [1.29, 1.82) is 0 Å². The van der Waals surface area contributed by atoms with E-state index in [1.165, 1.54) is 0 Å². The van der Waals surface area contributed by atoms with E-state index in [1.54, 1.807) is 6.92 Å². The summed E-state index contributed by atoms with van der Waals surface area (Å²) in [6.07, 6.45) is -2.78. The molecule has 1 rings (SSSR count). The minimum absolute atomic E-state index is 0.0792. The van der Waals surface area contributed by atoms with Crippen LogP contribution in [0.1, 0.15) is 30.3 Å². The summed E-state index contributed by atoms with van der Waals surface area (Å²) in [6.45, 7) is 1.94. The number of rotatable bonds is 5. The van der Waals surface area contributed by atoms with Gasteiger partial charge in [0, 0.05) is 15.9 Å². The number of halogens is 4. The lowest BCUT2D eigenvalue weighted by Gasteiger charge is -2.11. The highest BCUT2D eigenvalue weighted by Gasteiger charge is 2.18. The van der Waals surface area contributed by atoms with Gasteiger partial charge in [-0.05, 0) is 13.0 Å². The van der Waals surface area contributed by atoms with E-state index in [2.05, 4.69) is 20.9 Å². The predicted octanol–water partition coefficient (Wildman–Crippen LogP) is 3.67. The molecule has 0 saturated heterocycles. The van der Waals surface area contributed by atoms with E-state index in [1.807, 2.05) is 0 Å². The average molecular weight is 343 g/mol. The minimum Gasteiger partial charge on any atom is -0.466 e. The highest BCUT2D eigenvalue weighted by atomic mass is 79.9. The highest BCUT2D eigenvalue weighted by molar-refractivity contribution is 9.08. The molecular formula is C11H11BrClF2NO2. The Hall–Kier alpha value is -0.750. The fourth-order valence-electron chi connectivity index (χ4n) is 1.38. The lowest BCUT2D eigenvalue weighted by Crippen LogP contribution is -2.11. The van der Waals surface area contributed by atoms with Crippen LogP contribution >= 0.6 is 27.5 Å². The van der Waals surface area contributed by atoms with Crippen LogP contribution in [0.5, 0.6) is 0 Å². The molecule has 0 aliphatic carbocycles. The lowest BCUT2D eigenvalue weighted by atomic mass is 10.1. The molecular weight excluding hydrogens is 331 g/mol. The van der Waals surface area contributed by atoms with Crippen molar-refractivity contribution in [1.82, 2.24) is 4.98 Å². The molecule has 0 saturated carbocycles. The first-order valence-corrected chi connectivity index (χ1v) is 6.67. The summed E-state index contributed by atoms with van der Waals surface area (Å²) in [5.74, 6) is -0.465. The Balaban J connectivity index is 3.07. The number of carbonyl (C=O) groups excluding carboxylic acids is 1. The number of nitrogens with zero attached hydrogens (tertiary/aromatic N) is 1. The van der Waals surface area contributed by atoms with Gasteiger partial charge in [-0.1, -0.05) is 27.5 Å². The molecule has 1 aromatic heterocycles. The summed E-state index contributed by atoms with van der Waals surface area (Å²) in [6, 6.07) is 1.08. The highest BCUT2D eigenvalue weighted by Crippen LogP contribution is 2.27. The number of hydrogen-bond donors (Lipinski definition) is 0. The van der Waals surface area contributed by atoms with Gasteiger partial charge in [0.05, 0.1) is 18.7 Å². The maximum atomic E-state index is 12.6. The standard InChI is InChI=1S/C11H11BrClF2NO2/c1-2-18-10(17)3-6-7(13)4-8(11(14)15)16-9(6)5-12/h4,11H,2-3,5H2,1H3. The first-order valence-electron chi connectivity index (χ1n) is 5.17. The molecule has 0 spiro atoms. The van der Waals surface area contributed by atoms with Gasteiger partial charge in [0.2, 0.25) is 0 Å². The van der Waals surface area contributed by atoms with Crippen molar-refractivity contribution in [3.8, 4) is 0 Å². The zero-order chi connectivity index (χ0) is 13.7. The molecule has 0 aliphatic heterocycles. The van der Waals surface area contributed by atoms with E-state index in [0.717, 1.165) is 6.07 Å². The van der Waals surface area contributed by atoms with E-state index in [4.69, 9.17) is 16.3 Å². The van der Waals surface area contributed by atoms with Crippen molar-refractivity contribution in [3.63, 3.8) is 0 Å². The number of alkyl halides is 3. The van der Waals surface area contributed by atoms with Gasteiger partial charge < -0.3 is 4.74 Å². The van der Waals surface area contributed by atoms with Crippen LogP contribution in [-0.2, 0) is 21.3 Å². The van der Waals surface area contributed by atoms with Crippen LogP contribution in [0.4, 0.5) is 8.78 Å². The maximum absolute atomic E-state index is 12.6. The second kappa shape index (κ2) is 6.99. The van der Waals surface area contributed by atoms with Crippen LogP contribution in [0.3, 0.4) is 0 Å². The largest absolute Gasteiger partial charge is 0.466 e. The Bertz CT molecular complexity index is 443. The van der Waals surface area contributed by atoms with Gasteiger partial charge in [0.15, 0.2) is 0 Å². The molecule has 0 fully saturated rings. The number of aromatic nitrogens is 1. The molecule has 0 aromatic carbocycles. The summed E-state index contributed by atoms with van der Waals surface area (Å²) in [7, 11) is 0. The number of carbonyl (C=O) groups is 1. The van der Waals surface area contributed by atoms with Crippen molar-refractivity contribution in [2.75, 3.05) is 6.61 Å². The first kappa shape index (κ1) is 15.3. The fraction of sp³-hybridized carbons (Fsp3) is 0.455. The number of hydrogen-bond acceptors (Lipinski definition) is 3. The van der Waals surface area contributed by atoms with Gasteiger partial charge >= 0.3 is 5.97 Å². The van der Waals surface area contributed by atoms with Gasteiger partial charge in [0.25, 0.3) is 6.43 Å². The second-order valence-corrected chi connectivity index (χ2v) is 4.34. The van der Waals surface area contributed by atoms with Crippen LogP contribution in [-0.4, -0.2) is 17.6 Å². The zero-order valence-electron chi connectivity index (χ0n) is 9.55. The Labute approximate surface area is 117 Å². The topological polar surface area (TPSA) is 39.2 Å². The quantitative estimate of drug-likeness (QED) is 0.605. The van der Waals surface area contributed by atoms with Gasteiger partial charge in [-0.3, -0.25) is 9.78 Å². The van der Waals surface area contributed by atoms with Gasteiger partial charge in [-0.15, -0.1) is 0 Å². The van der Waals surface area contributed by atoms with Crippen molar-refractivity contribution in [2.24, 2.45) is 0 Å². The molecule has 0 aliphatic rings. The van der Waals surface area contributed by atoms with E-state index in [0.29, 0.717) is 11.3 Å². The molecule has 7 heteroatoms. The average Bonchev–Trinajstić information content (AvgIpc) is 2.31. The molecule has 0 bridgehead atoms. The number of ether oxygens (including phenoxy) is 1. The van der Waals surface area contributed by atoms with Gasteiger partial charge in [-0.2, -0.15) is 0 Å². The molecule has 0 amide bonds. The summed E-state index contributed by atoms with van der Waals surface area (Å²) < 4.78 is 29.9. The molecule has 18 heavy (non-hydrogen) atoms. The normalized spacial score (nSPS) is 10.8. The Morgan fingerprint density at radius 3 is 2.78 bits per heavy atom. The van der Waals surface area contributed by atoms with Crippen molar-refractivity contribution < 1.29 is 18.3 Å². The van der Waals surface area contributed by atoms with Crippen LogP contribution in [0, 0.1) is 0 Å². The number of esters is 1. The Kier molecular flexibility index (Phi) is 5.95. The number of pyridine rings is 1. The Morgan fingerprint density at radius 2 is 2.28 bits per heavy atom. The van der Waals surface area contributed by atoms with Gasteiger partial charge in [0.1, 0.15) is 5.69 Å². The van der Waals surface area contributed by atoms with Crippen molar-refractivity contribution in [2.45, 2.75) is 25.1 Å². The van der Waals surface area contributed by atoms with Gasteiger partial charge in [-0.25, -0.2) is 8.78 Å². The predicted molar refractivity (Wildman–Crippen MR) is 67.2 cm³/mol. The Morgan fingerprint density at radius 1 is 1.61 bits per heavy atom. The molecule has 0 atom stereocenters. The first-order chi connectivity index (χ1) is 8.49. The summed E-state index contributed by atoms with van der Waals surface area (Å²) in [5.41, 5.74) is 0.337. The van der Waals surface area contributed by atoms with Crippen LogP contribution in [0.15, 0.2) is 6.07 Å². The summed E-state index contributed by atoms with van der Waals surface area (Å²) in [4.78, 5) is 15.2. The third kappa shape index (κ3) is 3.88. The van der Waals surface area contributed by atoms with Crippen molar-refractivity contribution in [3.05, 3.63) is 28.0 Å². The monoisotopic (exact) mass is 341 g/mol. The fourth-order valence-corrected chi connectivity index (χ4v) is 2.13. The van der Waals surface area contributed by atoms with Crippen LogP contribution < -0.4 is 0 Å². The lowest BCUT2D eigenvalue weighted by molar-refractivity contribution is -0.142. The minimum atomic E-state index is -2.70. The molecule has 0 radical (unpaired) electrons. The molecule has 0 unspecified atom stereocenters. The maximum Gasteiger partial charge on any atom is 0.310 e. The SMILES string of the molecule is CCOC(=O)Cc1c(Cl)cc(C(F)F)nc1CBr. The van der Waals surface area contributed by atoms with Crippen molar-refractivity contribution >= 4 is 33.5 Å². The second-order valence-electron chi connectivity index (χ2n) is 3.37.